The lowest BCUT2D eigenvalue weighted by Crippen LogP contribution is -2.42. The number of fused-ring (bicyclic) bond motifs is 1. The molecule has 1 unspecified atom stereocenters. The Morgan fingerprint density at radius 2 is 1.97 bits per heavy atom. The van der Waals surface area contributed by atoms with Crippen molar-refractivity contribution in [3.63, 3.8) is 0 Å². The third-order valence-electron chi connectivity index (χ3n) is 5.82. The molecule has 1 aliphatic rings. The Kier molecular flexibility index (Phi) is 6.02. The van der Waals surface area contributed by atoms with Crippen molar-refractivity contribution < 1.29 is 9.59 Å². The number of carbonyl (C=O) groups is 2. The Bertz CT molecular complexity index is 1410. The summed E-state index contributed by atoms with van der Waals surface area (Å²) < 4.78 is 2.01. The molecule has 7 nitrogen and oxygen atoms in total. The molecule has 2 aromatic heterocycles. The van der Waals surface area contributed by atoms with Crippen LogP contribution >= 0.6 is 11.8 Å². The number of hydrogen-bond acceptors (Lipinski definition) is 5. The Morgan fingerprint density at radius 3 is 2.79 bits per heavy atom. The highest BCUT2D eigenvalue weighted by atomic mass is 32.2. The number of pyridine rings is 1. The van der Waals surface area contributed by atoms with Crippen LogP contribution in [-0.2, 0) is 4.79 Å². The topological polar surface area (TPSA) is 91.0 Å². The van der Waals surface area contributed by atoms with E-state index < -0.39 is 6.04 Å². The van der Waals surface area contributed by atoms with Gasteiger partial charge < -0.3 is 14.8 Å². The normalized spacial score (nSPS) is 15.3. The molecule has 8 heteroatoms. The van der Waals surface area contributed by atoms with E-state index in [1.165, 1.54) is 16.7 Å². The van der Waals surface area contributed by atoms with E-state index in [0.29, 0.717) is 28.1 Å². The number of nitriles is 1. The van der Waals surface area contributed by atoms with Gasteiger partial charge in [0.25, 0.3) is 5.91 Å². The number of hydrogen-bond donors (Lipinski definition) is 1. The molecular weight excluding hydrogens is 446 g/mol. The second-order valence-electron chi connectivity index (χ2n) is 7.92. The van der Waals surface area contributed by atoms with Gasteiger partial charge in [-0.2, -0.15) is 5.26 Å². The van der Waals surface area contributed by atoms with E-state index in [9.17, 15) is 14.9 Å². The van der Waals surface area contributed by atoms with Crippen molar-refractivity contribution in [3.8, 4) is 22.9 Å². The largest absolute Gasteiger partial charge is 0.343 e. The molecule has 1 N–H and O–H groups in total. The number of aromatic nitrogens is 2. The van der Waals surface area contributed by atoms with Gasteiger partial charge >= 0.3 is 0 Å². The molecule has 1 saturated heterocycles. The summed E-state index contributed by atoms with van der Waals surface area (Å²) in [5.74, 6) is 0.454. The summed E-state index contributed by atoms with van der Waals surface area (Å²) in [6.07, 6.45) is 5.62. The maximum atomic E-state index is 13.0. The summed E-state index contributed by atoms with van der Waals surface area (Å²) in [5.41, 5.74) is 4.27. The number of amides is 2. The lowest BCUT2D eigenvalue weighted by molar-refractivity contribution is -0.129. The minimum Gasteiger partial charge on any atom is -0.343 e. The van der Waals surface area contributed by atoms with Gasteiger partial charge in [0.1, 0.15) is 6.04 Å². The van der Waals surface area contributed by atoms with Gasteiger partial charge in [-0.1, -0.05) is 30.3 Å². The van der Waals surface area contributed by atoms with E-state index in [4.69, 9.17) is 0 Å². The fourth-order valence-corrected chi connectivity index (χ4v) is 5.10. The first-order valence-corrected chi connectivity index (χ1v) is 12.0. The fraction of sp³-hybridized carbons (Fsp3) is 0.154. The van der Waals surface area contributed by atoms with Crippen LogP contribution in [0.1, 0.15) is 10.4 Å². The zero-order chi connectivity index (χ0) is 23.5. The third kappa shape index (κ3) is 4.26. The molecule has 0 aliphatic carbocycles. The number of nitrogens with one attached hydrogen (secondary N) is 1. The molecule has 0 spiro atoms. The van der Waals surface area contributed by atoms with Crippen LogP contribution < -0.4 is 5.32 Å². The third-order valence-corrected chi connectivity index (χ3v) is 6.83. The Hall–Kier alpha value is -4.09. The van der Waals surface area contributed by atoms with Gasteiger partial charge in [0.05, 0.1) is 29.6 Å². The van der Waals surface area contributed by atoms with E-state index in [0.717, 1.165) is 16.8 Å². The van der Waals surface area contributed by atoms with Crippen molar-refractivity contribution in [2.75, 3.05) is 18.2 Å². The molecule has 0 saturated carbocycles. The Labute approximate surface area is 201 Å². The van der Waals surface area contributed by atoms with Crippen molar-refractivity contribution in [3.05, 3.63) is 84.8 Å². The summed E-state index contributed by atoms with van der Waals surface area (Å²) in [6.45, 7) is -0.154. The highest BCUT2D eigenvalue weighted by Gasteiger charge is 2.29. The minimum atomic E-state index is -0.443. The standard InChI is InChI=1S/C26H21N5O2S/c27-13-21-16-34-17-31(21)25(32)14-29-26(33)22-8-10-28-24-7-6-20(12-23(22)24)30-11-9-19(15-30)18-4-2-1-3-5-18/h1-12,15,21H,14,16-17H2,(H,29,33). The molecule has 1 atom stereocenters. The first kappa shape index (κ1) is 21.7. The van der Waals surface area contributed by atoms with E-state index in [-0.39, 0.29) is 18.4 Å². The molecule has 1 fully saturated rings. The van der Waals surface area contributed by atoms with Crippen LogP contribution in [0.5, 0.6) is 0 Å². The van der Waals surface area contributed by atoms with Crippen LogP contribution in [0.2, 0.25) is 0 Å². The maximum absolute atomic E-state index is 13.0. The van der Waals surface area contributed by atoms with Crippen LogP contribution in [0.4, 0.5) is 0 Å². The molecule has 2 amide bonds. The van der Waals surface area contributed by atoms with Crippen molar-refractivity contribution in [1.82, 2.24) is 19.8 Å². The molecule has 0 bridgehead atoms. The molecule has 168 valence electrons. The average molecular weight is 468 g/mol. The summed E-state index contributed by atoms with van der Waals surface area (Å²) in [4.78, 5) is 31.4. The lowest BCUT2D eigenvalue weighted by Gasteiger charge is -2.18. The zero-order valence-electron chi connectivity index (χ0n) is 18.2. The van der Waals surface area contributed by atoms with Crippen molar-refractivity contribution in [2.24, 2.45) is 0 Å². The quantitative estimate of drug-likeness (QED) is 0.482. The van der Waals surface area contributed by atoms with E-state index >= 15 is 0 Å². The van der Waals surface area contributed by atoms with Crippen molar-refractivity contribution in [1.29, 1.82) is 5.26 Å². The first-order valence-electron chi connectivity index (χ1n) is 10.8. The van der Waals surface area contributed by atoms with Crippen LogP contribution in [0.3, 0.4) is 0 Å². The van der Waals surface area contributed by atoms with Crippen molar-refractivity contribution in [2.45, 2.75) is 6.04 Å². The van der Waals surface area contributed by atoms with Gasteiger partial charge in [-0.25, -0.2) is 0 Å². The predicted molar refractivity (Wildman–Crippen MR) is 132 cm³/mol. The minimum absolute atomic E-state index is 0.154. The van der Waals surface area contributed by atoms with Gasteiger partial charge in [-0.05, 0) is 41.5 Å². The predicted octanol–water partition coefficient (Wildman–Crippen LogP) is 3.85. The number of rotatable bonds is 5. The first-order chi connectivity index (χ1) is 16.6. The van der Waals surface area contributed by atoms with Gasteiger partial charge in [0.2, 0.25) is 5.91 Å². The van der Waals surface area contributed by atoms with Gasteiger partial charge in [0, 0.05) is 35.4 Å². The van der Waals surface area contributed by atoms with Crippen LogP contribution in [0, 0.1) is 11.3 Å². The lowest BCUT2D eigenvalue weighted by atomic mass is 10.1. The fourth-order valence-electron chi connectivity index (χ4n) is 4.00. The van der Waals surface area contributed by atoms with Gasteiger partial charge in [0.15, 0.2) is 0 Å². The zero-order valence-corrected chi connectivity index (χ0v) is 19.0. The van der Waals surface area contributed by atoms with Gasteiger partial charge in [-0.15, -0.1) is 11.8 Å². The summed E-state index contributed by atoms with van der Waals surface area (Å²) in [6, 6.07) is 21.3. The number of benzene rings is 2. The average Bonchev–Trinajstić information content (AvgIpc) is 3.57. The SMILES string of the molecule is N#CC1CSCN1C(=O)CNC(=O)c1ccnc2ccc(-n3ccc(-c4ccccc4)c3)cc12. The molecular formula is C26H21N5O2S. The smallest absolute Gasteiger partial charge is 0.252 e. The summed E-state index contributed by atoms with van der Waals surface area (Å²) in [7, 11) is 0. The number of thioether (sulfide) groups is 1. The highest BCUT2D eigenvalue weighted by molar-refractivity contribution is 7.99. The summed E-state index contributed by atoms with van der Waals surface area (Å²) in [5, 5.41) is 12.6. The summed E-state index contributed by atoms with van der Waals surface area (Å²) >= 11 is 1.53. The molecule has 34 heavy (non-hydrogen) atoms. The molecule has 3 heterocycles. The molecule has 4 aromatic rings. The second-order valence-corrected chi connectivity index (χ2v) is 8.92. The number of carbonyl (C=O) groups excluding carboxylic acids is 2. The molecule has 0 radical (unpaired) electrons. The Balaban J connectivity index is 1.38. The van der Waals surface area contributed by atoms with Crippen LogP contribution in [0.25, 0.3) is 27.7 Å². The molecule has 1 aliphatic heterocycles. The van der Waals surface area contributed by atoms with Crippen LogP contribution in [-0.4, -0.2) is 50.5 Å². The second kappa shape index (κ2) is 9.41. The number of nitrogens with zero attached hydrogens (tertiary/aromatic N) is 4. The molecule has 2 aromatic carbocycles. The van der Waals surface area contributed by atoms with E-state index in [1.807, 2.05) is 59.4 Å². The van der Waals surface area contributed by atoms with Gasteiger partial charge in [-0.3, -0.25) is 14.6 Å². The van der Waals surface area contributed by atoms with E-state index in [2.05, 4.69) is 28.5 Å². The van der Waals surface area contributed by atoms with E-state index in [1.54, 1.807) is 12.3 Å². The highest BCUT2D eigenvalue weighted by Crippen LogP contribution is 2.25. The monoisotopic (exact) mass is 467 g/mol. The van der Waals surface area contributed by atoms with Crippen LogP contribution in [0.15, 0.2) is 79.3 Å². The molecule has 5 rings (SSSR count). The Morgan fingerprint density at radius 1 is 1.12 bits per heavy atom. The maximum Gasteiger partial charge on any atom is 0.252 e. The van der Waals surface area contributed by atoms with Crippen molar-refractivity contribution >= 4 is 34.5 Å².